The van der Waals surface area contributed by atoms with Crippen molar-refractivity contribution in [3.63, 3.8) is 0 Å². The van der Waals surface area contributed by atoms with Crippen LogP contribution < -0.4 is 5.32 Å². The van der Waals surface area contributed by atoms with Gasteiger partial charge in [0.1, 0.15) is 0 Å². The van der Waals surface area contributed by atoms with Crippen molar-refractivity contribution >= 4 is 16.8 Å². The maximum Gasteiger partial charge on any atom is 0.251 e. The molecule has 2 aromatic carbocycles. The van der Waals surface area contributed by atoms with Gasteiger partial charge in [-0.2, -0.15) is 0 Å². The average molecular weight is 262 g/mol. The summed E-state index contributed by atoms with van der Waals surface area (Å²) < 4.78 is 0. The first-order chi connectivity index (χ1) is 9.83. The summed E-state index contributed by atoms with van der Waals surface area (Å²) in [6.45, 7) is 0.532. The van der Waals surface area contributed by atoms with E-state index in [9.17, 15) is 4.79 Å². The molecule has 0 saturated carbocycles. The Morgan fingerprint density at radius 1 is 1.00 bits per heavy atom. The molecule has 0 bridgehead atoms. The molecule has 98 valence electrons. The second-order valence-electron chi connectivity index (χ2n) is 4.58. The zero-order valence-electron chi connectivity index (χ0n) is 10.9. The predicted octanol–water partition coefficient (Wildman–Crippen LogP) is 3.16. The van der Waals surface area contributed by atoms with Crippen molar-refractivity contribution in [2.24, 2.45) is 0 Å². The Balaban J connectivity index is 1.75. The quantitative estimate of drug-likeness (QED) is 0.787. The lowest BCUT2D eigenvalue weighted by Crippen LogP contribution is -2.22. The highest BCUT2D eigenvalue weighted by molar-refractivity contribution is 5.97. The van der Waals surface area contributed by atoms with Gasteiger partial charge in [0.15, 0.2) is 0 Å². The summed E-state index contributed by atoms with van der Waals surface area (Å²) in [6.07, 6.45) is 1.75. The fourth-order valence-corrected chi connectivity index (χ4v) is 2.10. The van der Waals surface area contributed by atoms with Crippen molar-refractivity contribution < 1.29 is 4.79 Å². The van der Waals surface area contributed by atoms with Crippen LogP contribution in [0.1, 0.15) is 15.9 Å². The highest BCUT2D eigenvalue weighted by Gasteiger charge is 2.06. The lowest BCUT2D eigenvalue weighted by Gasteiger charge is -2.06. The number of nitrogens with one attached hydrogen (secondary N) is 1. The maximum atomic E-state index is 12.1. The van der Waals surface area contributed by atoms with Crippen molar-refractivity contribution in [1.29, 1.82) is 0 Å². The Morgan fingerprint density at radius 3 is 2.70 bits per heavy atom. The predicted molar refractivity (Wildman–Crippen MR) is 79.4 cm³/mol. The van der Waals surface area contributed by atoms with Crippen LogP contribution in [-0.4, -0.2) is 10.9 Å². The summed E-state index contributed by atoms with van der Waals surface area (Å²) >= 11 is 0. The van der Waals surface area contributed by atoms with E-state index in [4.69, 9.17) is 0 Å². The smallest absolute Gasteiger partial charge is 0.251 e. The molecule has 0 saturated heterocycles. The lowest BCUT2D eigenvalue weighted by atomic mass is 10.1. The van der Waals surface area contributed by atoms with E-state index in [0.29, 0.717) is 12.1 Å². The molecular formula is C17H14N2O. The molecule has 1 N–H and O–H groups in total. The molecule has 0 fully saturated rings. The Bertz CT molecular complexity index is 738. The van der Waals surface area contributed by atoms with Crippen molar-refractivity contribution in [3.05, 3.63) is 78.0 Å². The van der Waals surface area contributed by atoms with Crippen LogP contribution in [0.4, 0.5) is 0 Å². The molecule has 0 aliphatic rings. The van der Waals surface area contributed by atoms with Crippen molar-refractivity contribution in [2.45, 2.75) is 6.54 Å². The fraction of sp³-hybridized carbons (Fsp3) is 0.0588. The van der Waals surface area contributed by atoms with Crippen LogP contribution in [0.3, 0.4) is 0 Å². The second kappa shape index (κ2) is 5.53. The molecule has 3 rings (SSSR count). The van der Waals surface area contributed by atoms with Crippen LogP contribution in [0.15, 0.2) is 66.9 Å². The number of carbonyl (C=O) groups is 1. The Labute approximate surface area is 117 Å². The average Bonchev–Trinajstić information content (AvgIpc) is 2.53. The fourth-order valence-electron chi connectivity index (χ4n) is 2.10. The number of aromatic nitrogens is 1. The van der Waals surface area contributed by atoms with E-state index in [0.717, 1.165) is 16.5 Å². The highest BCUT2D eigenvalue weighted by atomic mass is 16.1. The lowest BCUT2D eigenvalue weighted by molar-refractivity contribution is 0.0951. The van der Waals surface area contributed by atoms with E-state index in [1.54, 1.807) is 12.3 Å². The number of rotatable bonds is 3. The molecule has 3 aromatic rings. The molecular weight excluding hydrogens is 248 g/mol. The number of nitrogens with zero attached hydrogens (tertiary/aromatic N) is 1. The molecule has 3 nitrogen and oxygen atoms in total. The standard InChI is InChI=1S/C17H14N2O/c20-17(19-12-13-5-2-1-3-6-13)15-8-9-16-14(11-15)7-4-10-18-16/h1-11H,12H2,(H,19,20). The third-order valence-electron chi connectivity index (χ3n) is 3.16. The van der Waals surface area contributed by atoms with E-state index in [2.05, 4.69) is 10.3 Å². The van der Waals surface area contributed by atoms with Gasteiger partial charge in [-0.1, -0.05) is 36.4 Å². The van der Waals surface area contributed by atoms with Crippen LogP contribution in [0.25, 0.3) is 10.9 Å². The number of fused-ring (bicyclic) bond motifs is 1. The normalized spacial score (nSPS) is 10.4. The third kappa shape index (κ3) is 2.67. The van der Waals surface area contributed by atoms with Gasteiger partial charge in [-0.3, -0.25) is 9.78 Å². The van der Waals surface area contributed by atoms with Gasteiger partial charge in [0.2, 0.25) is 0 Å². The first-order valence-corrected chi connectivity index (χ1v) is 6.50. The number of carbonyl (C=O) groups excluding carboxylic acids is 1. The Kier molecular flexibility index (Phi) is 3.42. The van der Waals surface area contributed by atoms with Crippen molar-refractivity contribution in [3.8, 4) is 0 Å². The molecule has 0 aliphatic carbocycles. The Hall–Kier alpha value is -2.68. The molecule has 0 unspecified atom stereocenters. The summed E-state index contributed by atoms with van der Waals surface area (Å²) in [4.78, 5) is 16.4. The van der Waals surface area contributed by atoms with Gasteiger partial charge in [0.05, 0.1) is 5.52 Å². The zero-order valence-corrected chi connectivity index (χ0v) is 10.9. The highest BCUT2D eigenvalue weighted by Crippen LogP contribution is 2.13. The minimum atomic E-state index is -0.0698. The van der Waals surface area contributed by atoms with Gasteiger partial charge in [0, 0.05) is 23.7 Å². The number of benzene rings is 2. The molecule has 0 radical (unpaired) electrons. The van der Waals surface area contributed by atoms with E-state index < -0.39 is 0 Å². The summed E-state index contributed by atoms with van der Waals surface area (Å²) in [7, 11) is 0. The van der Waals surface area contributed by atoms with Crippen LogP contribution in [0.2, 0.25) is 0 Å². The van der Waals surface area contributed by atoms with Gasteiger partial charge in [-0.05, 0) is 29.8 Å². The largest absolute Gasteiger partial charge is 0.348 e. The van der Waals surface area contributed by atoms with Gasteiger partial charge in [0.25, 0.3) is 5.91 Å². The van der Waals surface area contributed by atoms with Gasteiger partial charge >= 0.3 is 0 Å². The molecule has 1 heterocycles. The second-order valence-corrected chi connectivity index (χ2v) is 4.58. The van der Waals surface area contributed by atoms with Crippen LogP contribution in [0, 0.1) is 0 Å². The molecule has 0 aliphatic heterocycles. The SMILES string of the molecule is O=C(NCc1ccccc1)c1ccc2ncccc2c1. The summed E-state index contributed by atoms with van der Waals surface area (Å²) in [5.41, 5.74) is 2.64. The van der Waals surface area contributed by atoms with Crippen molar-refractivity contribution in [1.82, 2.24) is 10.3 Å². The summed E-state index contributed by atoms with van der Waals surface area (Å²) in [6, 6.07) is 19.2. The van der Waals surface area contributed by atoms with Gasteiger partial charge in [-0.15, -0.1) is 0 Å². The first-order valence-electron chi connectivity index (χ1n) is 6.50. The summed E-state index contributed by atoms with van der Waals surface area (Å²) in [5.74, 6) is -0.0698. The van der Waals surface area contributed by atoms with E-state index in [1.807, 2.05) is 54.6 Å². The van der Waals surface area contributed by atoms with Gasteiger partial charge < -0.3 is 5.32 Å². The number of amides is 1. The molecule has 3 heteroatoms. The van der Waals surface area contributed by atoms with E-state index in [1.165, 1.54) is 0 Å². The molecule has 0 atom stereocenters. The monoisotopic (exact) mass is 262 g/mol. The molecule has 1 aromatic heterocycles. The first kappa shape index (κ1) is 12.4. The van der Waals surface area contributed by atoms with Crippen molar-refractivity contribution in [2.75, 3.05) is 0 Å². The molecule has 1 amide bonds. The number of pyridine rings is 1. The topological polar surface area (TPSA) is 42.0 Å². The van der Waals surface area contributed by atoms with Gasteiger partial charge in [-0.25, -0.2) is 0 Å². The van der Waals surface area contributed by atoms with Crippen LogP contribution >= 0.6 is 0 Å². The van der Waals surface area contributed by atoms with Crippen LogP contribution in [0.5, 0.6) is 0 Å². The van der Waals surface area contributed by atoms with E-state index in [-0.39, 0.29) is 5.91 Å². The number of hydrogen-bond acceptors (Lipinski definition) is 2. The summed E-state index contributed by atoms with van der Waals surface area (Å²) in [5, 5.41) is 3.89. The third-order valence-corrected chi connectivity index (χ3v) is 3.16. The zero-order chi connectivity index (χ0) is 13.8. The minimum Gasteiger partial charge on any atom is -0.348 e. The Morgan fingerprint density at radius 2 is 1.85 bits per heavy atom. The maximum absolute atomic E-state index is 12.1. The van der Waals surface area contributed by atoms with E-state index >= 15 is 0 Å². The minimum absolute atomic E-state index is 0.0698. The molecule has 0 spiro atoms. The molecule has 20 heavy (non-hydrogen) atoms. The number of hydrogen-bond donors (Lipinski definition) is 1. The van der Waals surface area contributed by atoms with Crippen LogP contribution in [-0.2, 0) is 6.54 Å².